The van der Waals surface area contributed by atoms with E-state index in [1.165, 1.54) is 113 Å². The zero-order valence-electron chi connectivity index (χ0n) is 20.6. The maximum atomic E-state index is 10.5. The summed E-state index contributed by atoms with van der Waals surface area (Å²) >= 11 is 0. The van der Waals surface area contributed by atoms with Crippen LogP contribution in [0.15, 0.2) is 30.3 Å². The van der Waals surface area contributed by atoms with E-state index in [2.05, 4.69) is 43.1 Å². The van der Waals surface area contributed by atoms with Gasteiger partial charge < -0.3 is 10.1 Å². The predicted octanol–water partition coefficient (Wildman–Crippen LogP) is 9.75. The fourth-order valence-electron chi connectivity index (χ4n) is 5.12. The van der Waals surface area contributed by atoms with Crippen molar-refractivity contribution in [3.8, 4) is 5.75 Å². The molecule has 3 aromatic rings. The monoisotopic (exact) mass is 435 g/mol. The number of aromatic amines is 1. The number of H-pyrrole nitrogens is 1. The molecule has 0 unspecified atom stereocenters. The number of aryl methyl sites for hydroxylation is 1. The summed E-state index contributed by atoms with van der Waals surface area (Å²) in [6, 6.07) is 10.3. The number of phenolic OH excluding ortho intramolecular Hbond substituents is 1. The zero-order valence-corrected chi connectivity index (χ0v) is 20.6. The maximum Gasteiger partial charge on any atom is 0.119 e. The average Bonchev–Trinajstić information content (AvgIpc) is 3.16. The lowest BCUT2D eigenvalue weighted by Crippen LogP contribution is -1.93. The average molecular weight is 436 g/mol. The smallest absolute Gasteiger partial charge is 0.119 e. The molecule has 0 aliphatic carbocycles. The Morgan fingerprint density at radius 2 is 1.22 bits per heavy atom. The Hall–Kier alpha value is -1.96. The third-order valence-electron chi connectivity index (χ3n) is 7.20. The van der Waals surface area contributed by atoms with Crippen molar-refractivity contribution in [2.45, 2.75) is 117 Å². The number of aromatic nitrogens is 1. The molecule has 1 heterocycles. The summed E-state index contributed by atoms with van der Waals surface area (Å²) in [6.45, 7) is 4.35. The van der Waals surface area contributed by atoms with Gasteiger partial charge in [0.25, 0.3) is 0 Å². The first kappa shape index (κ1) is 24.7. The molecule has 0 fully saturated rings. The second-order valence-corrected chi connectivity index (χ2v) is 9.79. The Morgan fingerprint density at radius 3 is 1.81 bits per heavy atom. The minimum atomic E-state index is 0.429. The Kier molecular flexibility index (Phi) is 10.5. The molecular formula is C30H45NO. The van der Waals surface area contributed by atoms with Crippen molar-refractivity contribution in [1.82, 2.24) is 4.98 Å². The van der Waals surface area contributed by atoms with Gasteiger partial charge in [-0.05, 0) is 43.0 Å². The molecule has 2 N–H and O–H groups in total. The highest BCUT2D eigenvalue weighted by molar-refractivity contribution is 6.09. The number of rotatable bonds is 16. The van der Waals surface area contributed by atoms with Crippen LogP contribution in [-0.2, 0) is 6.42 Å². The Bertz CT molecular complexity index is 939. The molecule has 0 bridgehead atoms. The Labute approximate surface area is 195 Å². The van der Waals surface area contributed by atoms with E-state index in [0.29, 0.717) is 5.75 Å². The van der Waals surface area contributed by atoms with Gasteiger partial charge in [-0.15, -0.1) is 0 Å². The predicted molar refractivity (Wildman–Crippen MR) is 141 cm³/mol. The number of phenols is 1. The maximum absolute atomic E-state index is 10.5. The number of para-hydroxylation sites is 1. The molecule has 0 saturated heterocycles. The first-order valence-electron chi connectivity index (χ1n) is 13.4. The molecule has 0 atom stereocenters. The Balaban J connectivity index is 1.31. The van der Waals surface area contributed by atoms with Crippen molar-refractivity contribution in [2.24, 2.45) is 0 Å². The number of hydrogen-bond donors (Lipinski definition) is 2. The lowest BCUT2D eigenvalue weighted by atomic mass is 9.97. The fourth-order valence-corrected chi connectivity index (χ4v) is 5.12. The fraction of sp³-hybridized carbons (Fsp3) is 0.600. The first-order valence-corrected chi connectivity index (χ1v) is 13.4. The van der Waals surface area contributed by atoms with Gasteiger partial charge in [0.05, 0.1) is 5.52 Å². The number of aromatic hydroxyl groups is 1. The van der Waals surface area contributed by atoms with Crippen LogP contribution in [0.3, 0.4) is 0 Å². The van der Waals surface area contributed by atoms with Gasteiger partial charge in [-0.1, -0.05) is 115 Å². The molecule has 0 radical (unpaired) electrons. The summed E-state index contributed by atoms with van der Waals surface area (Å²) in [4.78, 5) is 3.61. The molecular weight excluding hydrogens is 390 g/mol. The van der Waals surface area contributed by atoms with Crippen LogP contribution >= 0.6 is 0 Å². The number of fused-ring (bicyclic) bond motifs is 3. The summed E-state index contributed by atoms with van der Waals surface area (Å²) in [5, 5.41) is 12.8. The molecule has 0 aliphatic heterocycles. The summed E-state index contributed by atoms with van der Waals surface area (Å²) < 4.78 is 0. The molecule has 0 spiro atoms. The molecule has 2 aromatic carbocycles. The first-order chi connectivity index (χ1) is 15.7. The second-order valence-electron chi connectivity index (χ2n) is 9.79. The summed E-state index contributed by atoms with van der Waals surface area (Å²) in [7, 11) is 0. The lowest BCUT2D eigenvalue weighted by molar-refractivity contribution is 0.471. The van der Waals surface area contributed by atoms with Crippen molar-refractivity contribution in [3.63, 3.8) is 0 Å². The van der Waals surface area contributed by atoms with Gasteiger partial charge in [-0.2, -0.15) is 0 Å². The lowest BCUT2D eigenvalue weighted by Gasteiger charge is -2.10. The molecule has 3 rings (SSSR count). The summed E-state index contributed by atoms with van der Waals surface area (Å²) in [5.41, 5.74) is 4.71. The quantitative estimate of drug-likeness (QED) is 0.216. The van der Waals surface area contributed by atoms with Gasteiger partial charge in [0.2, 0.25) is 0 Å². The summed E-state index contributed by atoms with van der Waals surface area (Å²) in [6.07, 6.45) is 21.9. The number of hydrogen-bond acceptors (Lipinski definition) is 1. The summed E-state index contributed by atoms with van der Waals surface area (Å²) in [5.74, 6) is 0.429. The largest absolute Gasteiger partial charge is 0.508 e. The Morgan fingerprint density at radius 1 is 0.688 bits per heavy atom. The SMILES string of the molecule is CCCCCCCCCCCCCCCCCc1c(C)c(O)cc2c1[nH]c1ccccc12. The van der Waals surface area contributed by atoms with Crippen molar-refractivity contribution < 1.29 is 5.11 Å². The molecule has 176 valence electrons. The van der Waals surface area contributed by atoms with Crippen molar-refractivity contribution in [1.29, 1.82) is 0 Å². The third-order valence-corrected chi connectivity index (χ3v) is 7.20. The minimum Gasteiger partial charge on any atom is -0.508 e. The molecule has 0 aliphatic rings. The minimum absolute atomic E-state index is 0.429. The van der Waals surface area contributed by atoms with Crippen molar-refractivity contribution in [2.75, 3.05) is 0 Å². The number of nitrogens with one attached hydrogen (secondary N) is 1. The van der Waals surface area contributed by atoms with Crippen LogP contribution in [0.5, 0.6) is 5.75 Å². The molecule has 32 heavy (non-hydrogen) atoms. The van der Waals surface area contributed by atoms with Crippen LogP contribution < -0.4 is 0 Å². The van der Waals surface area contributed by atoms with Crippen molar-refractivity contribution in [3.05, 3.63) is 41.5 Å². The molecule has 1 aromatic heterocycles. The number of benzene rings is 2. The van der Waals surface area contributed by atoms with Crippen LogP contribution in [0.1, 0.15) is 114 Å². The second kappa shape index (κ2) is 13.6. The highest BCUT2D eigenvalue weighted by atomic mass is 16.3. The molecule has 2 nitrogen and oxygen atoms in total. The van der Waals surface area contributed by atoms with Gasteiger partial charge in [0, 0.05) is 16.3 Å². The van der Waals surface area contributed by atoms with Crippen LogP contribution in [0.2, 0.25) is 0 Å². The molecule has 0 amide bonds. The van der Waals surface area contributed by atoms with E-state index >= 15 is 0 Å². The van der Waals surface area contributed by atoms with E-state index in [1.54, 1.807) is 0 Å². The standard InChI is InChI=1S/C30H45NO/c1-3-4-5-6-7-8-9-10-11-12-13-14-15-16-17-20-25-24(2)29(32)23-27-26-21-18-19-22-28(26)31-30(25)27/h18-19,21-23,31-32H,3-17,20H2,1-2H3. The zero-order chi connectivity index (χ0) is 22.6. The van der Waals surface area contributed by atoms with Crippen LogP contribution in [0.4, 0.5) is 0 Å². The highest BCUT2D eigenvalue weighted by Gasteiger charge is 2.13. The van der Waals surface area contributed by atoms with E-state index < -0.39 is 0 Å². The van der Waals surface area contributed by atoms with Crippen LogP contribution in [-0.4, -0.2) is 10.1 Å². The van der Waals surface area contributed by atoms with Crippen LogP contribution in [0, 0.1) is 6.92 Å². The van der Waals surface area contributed by atoms with E-state index in [-0.39, 0.29) is 0 Å². The third kappa shape index (κ3) is 7.02. The van der Waals surface area contributed by atoms with Gasteiger partial charge in [0.1, 0.15) is 5.75 Å². The number of unbranched alkanes of at least 4 members (excludes halogenated alkanes) is 14. The highest BCUT2D eigenvalue weighted by Crippen LogP contribution is 2.35. The molecule has 0 saturated carbocycles. The van der Waals surface area contributed by atoms with Crippen molar-refractivity contribution >= 4 is 21.8 Å². The topological polar surface area (TPSA) is 36.0 Å². The van der Waals surface area contributed by atoms with E-state index in [4.69, 9.17) is 0 Å². The van der Waals surface area contributed by atoms with Gasteiger partial charge in [-0.25, -0.2) is 0 Å². The van der Waals surface area contributed by atoms with E-state index in [0.717, 1.165) is 22.9 Å². The van der Waals surface area contributed by atoms with Gasteiger partial charge in [0.15, 0.2) is 0 Å². The van der Waals surface area contributed by atoms with Crippen LogP contribution in [0.25, 0.3) is 21.8 Å². The normalized spacial score (nSPS) is 11.7. The van der Waals surface area contributed by atoms with E-state index in [9.17, 15) is 5.11 Å². The van der Waals surface area contributed by atoms with Gasteiger partial charge >= 0.3 is 0 Å². The van der Waals surface area contributed by atoms with E-state index in [1.807, 2.05) is 6.07 Å². The van der Waals surface area contributed by atoms with Gasteiger partial charge in [-0.3, -0.25) is 0 Å². The molecule has 2 heteroatoms.